The number of fused-ring (bicyclic) bond motifs is 6. The van der Waals surface area contributed by atoms with E-state index in [1.165, 1.54) is 0 Å². The van der Waals surface area contributed by atoms with Gasteiger partial charge in [0.1, 0.15) is 29.1 Å². The van der Waals surface area contributed by atoms with Crippen molar-refractivity contribution >= 4 is 27.7 Å². The average Bonchev–Trinajstić information content (AvgIpc) is 2.65. The van der Waals surface area contributed by atoms with Crippen molar-refractivity contribution in [1.82, 2.24) is 0 Å². The summed E-state index contributed by atoms with van der Waals surface area (Å²) < 4.78 is 16.5. The number of benzene rings is 2. The minimum absolute atomic E-state index is 0.00584. The molecule has 0 spiro atoms. The summed E-state index contributed by atoms with van der Waals surface area (Å²) in [6.45, 7) is 5.13. The zero-order chi connectivity index (χ0) is 20.2. The molecule has 0 saturated carbocycles. The largest absolute Gasteiger partial charge is 0.484 e. The number of ether oxygens (including phenoxy) is 2. The summed E-state index contributed by atoms with van der Waals surface area (Å²) in [5, 5.41) is 22.9. The lowest BCUT2D eigenvalue weighted by Gasteiger charge is -2.40. The van der Waals surface area contributed by atoms with Crippen LogP contribution in [-0.2, 0) is 4.74 Å². The van der Waals surface area contributed by atoms with Crippen LogP contribution in [0.2, 0.25) is 0 Å². The smallest absolute Gasteiger partial charge is 0.339 e. The second-order valence-electron chi connectivity index (χ2n) is 7.29. The predicted octanol–water partition coefficient (Wildman–Crippen LogP) is 2.69. The molecule has 0 saturated heterocycles. The lowest BCUT2D eigenvalue weighted by atomic mass is 9.85. The lowest BCUT2D eigenvalue weighted by Crippen LogP contribution is -2.48. The summed E-state index contributed by atoms with van der Waals surface area (Å²) in [6.07, 6.45) is -2.63. The van der Waals surface area contributed by atoms with E-state index in [2.05, 4.69) is 0 Å². The molecule has 7 nitrogen and oxygen atoms in total. The van der Waals surface area contributed by atoms with Gasteiger partial charge in [0.05, 0.1) is 17.7 Å². The van der Waals surface area contributed by atoms with Gasteiger partial charge in [-0.2, -0.15) is 0 Å². The summed E-state index contributed by atoms with van der Waals surface area (Å²) in [6, 6.07) is 8.22. The molecular weight excluding hydrogens is 364 g/mol. The number of aliphatic hydroxyl groups excluding tert-OH is 2. The maximum absolute atomic E-state index is 12.5. The van der Waals surface area contributed by atoms with Gasteiger partial charge < -0.3 is 24.1 Å². The average molecular weight is 384 g/mol. The van der Waals surface area contributed by atoms with E-state index in [0.717, 1.165) is 6.07 Å². The van der Waals surface area contributed by atoms with Crippen molar-refractivity contribution in [1.29, 1.82) is 0 Å². The molecule has 0 aliphatic carbocycles. The Kier molecular flexibility index (Phi) is 4.17. The summed E-state index contributed by atoms with van der Waals surface area (Å²) in [5.74, 6) is -0.354. The molecule has 0 amide bonds. The lowest BCUT2D eigenvalue weighted by molar-refractivity contribution is -0.110. The number of aliphatic hydroxyl groups is 2. The van der Waals surface area contributed by atoms with Crippen molar-refractivity contribution in [3.05, 3.63) is 51.9 Å². The Morgan fingerprint density at radius 3 is 2.57 bits per heavy atom. The van der Waals surface area contributed by atoms with Crippen molar-refractivity contribution in [3.63, 3.8) is 0 Å². The predicted molar refractivity (Wildman–Crippen MR) is 102 cm³/mol. The molecule has 1 aromatic heterocycles. The molecule has 2 atom stereocenters. The van der Waals surface area contributed by atoms with Crippen LogP contribution in [0, 0.1) is 0 Å². The number of carbonyl (C=O) groups excluding carboxylic acids is 1. The zero-order valence-corrected chi connectivity index (χ0v) is 15.7. The normalized spacial score (nSPS) is 20.6. The van der Waals surface area contributed by atoms with Crippen molar-refractivity contribution in [2.24, 2.45) is 0 Å². The highest BCUT2D eigenvalue weighted by Crippen LogP contribution is 2.48. The van der Waals surface area contributed by atoms with Gasteiger partial charge in [-0.05, 0) is 26.2 Å². The molecule has 2 N–H and O–H groups in total. The third-order valence-electron chi connectivity index (χ3n) is 5.06. The van der Waals surface area contributed by atoms with Gasteiger partial charge in [-0.25, -0.2) is 9.59 Å². The Bertz CT molecular complexity index is 1160. The summed E-state index contributed by atoms with van der Waals surface area (Å²) in [5.41, 5.74) is -1.64. The molecule has 0 bridgehead atoms. The molecule has 0 unspecified atom stereocenters. The van der Waals surface area contributed by atoms with E-state index in [1.807, 2.05) is 0 Å². The molecule has 0 fully saturated rings. The van der Waals surface area contributed by atoms with Crippen molar-refractivity contribution in [2.75, 3.05) is 6.61 Å². The molecule has 4 rings (SSSR count). The number of hydrogen-bond acceptors (Lipinski definition) is 7. The standard InChI is InChI=1S/C21H20O7/c1-4-26-20(25)12-9-13(22)27-18-14(12)10-7-5-6-8-11(10)17-15(18)16(23)19(24)21(2,3)28-17/h5-9,16,19,23-24H,4H2,1-3H3/t16-,19-/m1/s1. The van der Waals surface area contributed by atoms with E-state index in [0.29, 0.717) is 21.9 Å². The van der Waals surface area contributed by atoms with Crippen LogP contribution in [0.1, 0.15) is 42.8 Å². The van der Waals surface area contributed by atoms with Crippen LogP contribution in [0.5, 0.6) is 5.75 Å². The molecular formula is C21H20O7. The Labute approximate surface area is 160 Å². The van der Waals surface area contributed by atoms with E-state index < -0.39 is 29.4 Å². The fourth-order valence-electron chi connectivity index (χ4n) is 3.71. The van der Waals surface area contributed by atoms with Gasteiger partial charge in [0.2, 0.25) is 0 Å². The van der Waals surface area contributed by atoms with Crippen molar-refractivity contribution < 1.29 is 28.9 Å². The highest BCUT2D eigenvalue weighted by molar-refractivity contribution is 6.18. The molecule has 1 aliphatic heterocycles. The van der Waals surface area contributed by atoms with Crippen LogP contribution in [0.4, 0.5) is 0 Å². The number of rotatable bonds is 2. The SMILES string of the molecule is CCOC(=O)c1cc(=O)oc2c3c(c4ccccc4c12)OC(C)(C)[C@H](O)[C@@H]3O. The van der Waals surface area contributed by atoms with Gasteiger partial charge in [-0.3, -0.25) is 0 Å². The Hall–Kier alpha value is -2.90. The van der Waals surface area contributed by atoms with Crippen LogP contribution >= 0.6 is 0 Å². The molecule has 146 valence electrons. The van der Waals surface area contributed by atoms with Gasteiger partial charge in [0.25, 0.3) is 0 Å². The van der Waals surface area contributed by atoms with Crippen LogP contribution in [-0.4, -0.2) is 34.5 Å². The second-order valence-corrected chi connectivity index (χ2v) is 7.29. The van der Waals surface area contributed by atoms with E-state index in [9.17, 15) is 19.8 Å². The van der Waals surface area contributed by atoms with Crippen LogP contribution in [0.15, 0.2) is 39.5 Å². The van der Waals surface area contributed by atoms with Gasteiger partial charge in [0.15, 0.2) is 0 Å². The first-order chi connectivity index (χ1) is 13.3. The molecule has 3 aromatic rings. The van der Waals surface area contributed by atoms with Gasteiger partial charge in [-0.1, -0.05) is 24.3 Å². The highest BCUT2D eigenvalue weighted by Gasteiger charge is 2.45. The van der Waals surface area contributed by atoms with Gasteiger partial charge in [-0.15, -0.1) is 0 Å². The summed E-state index contributed by atoms with van der Waals surface area (Å²) >= 11 is 0. The number of hydrogen-bond donors (Lipinski definition) is 2. The van der Waals surface area contributed by atoms with E-state index in [-0.39, 0.29) is 23.3 Å². The Morgan fingerprint density at radius 2 is 1.89 bits per heavy atom. The molecule has 7 heteroatoms. The third kappa shape index (κ3) is 2.58. The minimum atomic E-state index is -1.37. The zero-order valence-electron chi connectivity index (χ0n) is 15.7. The first-order valence-electron chi connectivity index (χ1n) is 9.01. The summed E-state index contributed by atoms with van der Waals surface area (Å²) in [7, 11) is 0. The van der Waals surface area contributed by atoms with Crippen molar-refractivity contribution in [3.8, 4) is 5.75 Å². The Balaban J connectivity index is 2.22. The first-order valence-corrected chi connectivity index (χ1v) is 9.01. The maximum Gasteiger partial charge on any atom is 0.339 e. The maximum atomic E-state index is 12.5. The molecule has 1 aliphatic rings. The molecule has 0 radical (unpaired) electrons. The van der Waals surface area contributed by atoms with Gasteiger partial charge >= 0.3 is 11.6 Å². The Morgan fingerprint density at radius 1 is 1.21 bits per heavy atom. The van der Waals surface area contributed by atoms with Crippen LogP contribution < -0.4 is 10.4 Å². The minimum Gasteiger partial charge on any atom is -0.484 e. The highest BCUT2D eigenvalue weighted by atomic mass is 16.5. The van der Waals surface area contributed by atoms with E-state index in [1.54, 1.807) is 45.0 Å². The topological polar surface area (TPSA) is 106 Å². The monoisotopic (exact) mass is 384 g/mol. The summed E-state index contributed by atoms with van der Waals surface area (Å²) in [4.78, 5) is 24.7. The first kappa shape index (κ1) is 18.5. The molecule has 2 aromatic carbocycles. The van der Waals surface area contributed by atoms with Crippen molar-refractivity contribution in [2.45, 2.75) is 38.6 Å². The third-order valence-corrected chi connectivity index (χ3v) is 5.06. The second kappa shape index (κ2) is 6.32. The number of carbonyl (C=O) groups is 1. The quantitative estimate of drug-likeness (QED) is 0.397. The molecule has 2 heterocycles. The van der Waals surface area contributed by atoms with Gasteiger partial charge in [0, 0.05) is 16.8 Å². The van der Waals surface area contributed by atoms with E-state index >= 15 is 0 Å². The van der Waals surface area contributed by atoms with Crippen LogP contribution in [0.25, 0.3) is 21.7 Å². The fourth-order valence-corrected chi connectivity index (χ4v) is 3.71. The van der Waals surface area contributed by atoms with Crippen LogP contribution in [0.3, 0.4) is 0 Å². The fraction of sp³-hybridized carbons (Fsp3) is 0.333. The molecule has 28 heavy (non-hydrogen) atoms. The van der Waals surface area contributed by atoms with E-state index in [4.69, 9.17) is 13.9 Å². The number of esters is 1.